The fourth-order valence-corrected chi connectivity index (χ4v) is 3.98. The minimum atomic E-state index is -4.64. The third-order valence-corrected chi connectivity index (χ3v) is 5.56. The predicted octanol–water partition coefficient (Wildman–Crippen LogP) is 6.80. The second-order valence-corrected chi connectivity index (χ2v) is 9.29. The van der Waals surface area contributed by atoms with Crippen molar-refractivity contribution >= 4 is 7.82 Å². The summed E-state index contributed by atoms with van der Waals surface area (Å²) in [5.41, 5.74) is 4.16. The summed E-state index contributed by atoms with van der Waals surface area (Å²) in [5, 5.41) is 22.1. The van der Waals surface area contributed by atoms with Crippen LogP contribution >= 0.6 is 7.82 Å². The standard InChI is InChI=1S/C27H32O2.H3O4P/c1-2-3-4-5-6-7-14-19-23-26(22-17-12-9-13-18-22)25(28)20-24(27(23)29)21-15-10-8-11-16-21;1-5(2,3)4/h8-13,15-18,20,28-29H,2-7,14,19H2,1H3;(H3,1,2,3,4). The number of aromatic hydroxyl groups is 2. The van der Waals surface area contributed by atoms with Gasteiger partial charge in [-0.25, -0.2) is 4.57 Å². The lowest BCUT2D eigenvalue weighted by Crippen LogP contribution is -1.95. The molecule has 0 radical (unpaired) electrons. The van der Waals surface area contributed by atoms with Gasteiger partial charge in [-0.15, -0.1) is 0 Å². The van der Waals surface area contributed by atoms with Gasteiger partial charge in [-0.2, -0.15) is 0 Å². The highest BCUT2D eigenvalue weighted by atomic mass is 31.2. The molecule has 3 aromatic carbocycles. The van der Waals surface area contributed by atoms with Crippen molar-refractivity contribution in [3.8, 4) is 33.8 Å². The first-order chi connectivity index (χ1) is 16.2. The molecule has 0 heterocycles. The Morgan fingerprint density at radius 3 is 1.71 bits per heavy atom. The van der Waals surface area contributed by atoms with Crippen LogP contribution in [-0.4, -0.2) is 24.9 Å². The third kappa shape index (κ3) is 9.32. The molecule has 0 aliphatic heterocycles. The molecule has 0 saturated heterocycles. The van der Waals surface area contributed by atoms with Crippen LogP contribution in [0.2, 0.25) is 0 Å². The number of hydrogen-bond donors (Lipinski definition) is 5. The fourth-order valence-electron chi connectivity index (χ4n) is 3.98. The number of phenolic OH excluding ortho intramolecular Hbond substituents is 2. The Labute approximate surface area is 201 Å². The van der Waals surface area contributed by atoms with Crippen molar-refractivity contribution in [3.63, 3.8) is 0 Å². The van der Waals surface area contributed by atoms with E-state index in [-0.39, 0.29) is 5.75 Å². The maximum absolute atomic E-state index is 11.2. The van der Waals surface area contributed by atoms with E-state index in [1.807, 2.05) is 60.7 Å². The van der Waals surface area contributed by atoms with E-state index in [0.29, 0.717) is 11.3 Å². The van der Waals surface area contributed by atoms with Gasteiger partial charge in [0.15, 0.2) is 0 Å². The zero-order chi connectivity index (χ0) is 25.0. The lowest BCUT2D eigenvalue weighted by molar-refractivity contribution is 0.275. The van der Waals surface area contributed by atoms with Crippen molar-refractivity contribution < 1.29 is 29.5 Å². The molecule has 0 aliphatic rings. The molecule has 0 amide bonds. The fraction of sp³-hybridized carbons (Fsp3) is 0.333. The highest BCUT2D eigenvalue weighted by Gasteiger charge is 2.19. The number of phosphoric acid groups is 1. The summed E-state index contributed by atoms with van der Waals surface area (Å²) in [4.78, 5) is 21.6. The largest absolute Gasteiger partial charge is 0.507 e. The van der Waals surface area contributed by atoms with Gasteiger partial charge in [-0.1, -0.05) is 106 Å². The van der Waals surface area contributed by atoms with E-state index >= 15 is 0 Å². The molecule has 0 atom stereocenters. The first-order valence-corrected chi connectivity index (χ1v) is 13.3. The average molecular weight is 487 g/mol. The van der Waals surface area contributed by atoms with Crippen molar-refractivity contribution in [3.05, 3.63) is 72.3 Å². The number of unbranched alkanes of at least 4 members (excludes halogenated alkanes) is 6. The van der Waals surface area contributed by atoms with Crippen LogP contribution in [0.4, 0.5) is 0 Å². The predicted molar refractivity (Wildman–Crippen MR) is 137 cm³/mol. The molecule has 0 bridgehead atoms. The topological polar surface area (TPSA) is 118 Å². The molecule has 0 unspecified atom stereocenters. The first-order valence-electron chi connectivity index (χ1n) is 11.7. The first kappa shape index (κ1) is 27.6. The van der Waals surface area contributed by atoms with Crippen LogP contribution in [0.25, 0.3) is 22.3 Å². The summed E-state index contributed by atoms with van der Waals surface area (Å²) in [5.74, 6) is 0.518. The van der Waals surface area contributed by atoms with E-state index in [0.717, 1.165) is 41.5 Å². The quantitative estimate of drug-likeness (QED) is 0.122. The van der Waals surface area contributed by atoms with Crippen LogP contribution in [0.1, 0.15) is 57.4 Å². The van der Waals surface area contributed by atoms with Crippen molar-refractivity contribution in [1.82, 2.24) is 0 Å². The van der Waals surface area contributed by atoms with Gasteiger partial charge in [0.05, 0.1) is 0 Å². The minimum Gasteiger partial charge on any atom is -0.507 e. The van der Waals surface area contributed by atoms with Crippen LogP contribution in [-0.2, 0) is 11.0 Å². The maximum Gasteiger partial charge on any atom is 0.466 e. The summed E-state index contributed by atoms with van der Waals surface area (Å²) in [7, 11) is -4.64. The van der Waals surface area contributed by atoms with E-state index < -0.39 is 7.82 Å². The summed E-state index contributed by atoms with van der Waals surface area (Å²) in [6.45, 7) is 2.24. The van der Waals surface area contributed by atoms with E-state index in [4.69, 9.17) is 19.2 Å². The maximum atomic E-state index is 11.2. The number of rotatable bonds is 10. The van der Waals surface area contributed by atoms with Crippen molar-refractivity contribution in [1.29, 1.82) is 0 Å². The Morgan fingerprint density at radius 2 is 1.18 bits per heavy atom. The lowest BCUT2D eigenvalue weighted by atomic mass is 9.89. The molecule has 3 rings (SSSR count). The van der Waals surface area contributed by atoms with Gasteiger partial charge in [0, 0.05) is 16.7 Å². The Morgan fingerprint density at radius 1 is 0.706 bits per heavy atom. The second-order valence-electron chi connectivity index (χ2n) is 8.26. The van der Waals surface area contributed by atoms with E-state index in [2.05, 4.69) is 6.92 Å². The van der Waals surface area contributed by atoms with E-state index in [1.54, 1.807) is 6.07 Å². The van der Waals surface area contributed by atoms with Gasteiger partial charge in [-0.05, 0) is 30.0 Å². The number of hydrogen-bond acceptors (Lipinski definition) is 3. The summed E-state index contributed by atoms with van der Waals surface area (Å²) in [6, 6.07) is 21.4. The average Bonchev–Trinajstić information content (AvgIpc) is 2.80. The SMILES string of the molecule is CCCCCCCCCc1c(O)c(-c2ccccc2)cc(O)c1-c1ccccc1.O=P(O)(O)O. The molecule has 0 spiro atoms. The van der Waals surface area contributed by atoms with Gasteiger partial charge in [-0.3, -0.25) is 0 Å². The molecule has 6 nitrogen and oxygen atoms in total. The normalized spacial score (nSPS) is 11.1. The molecular weight excluding hydrogens is 451 g/mol. The highest BCUT2D eigenvalue weighted by Crippen LogP contribution is 2.44. The number of benzene rings is 3. The Bertz CT molecular complexity index is 1040. The molecule has 7 heteroatoms. The Kier molecular flexibility index (Phi) is 11.3. The Hall–Kier alpha value is -2.63. The molecular formula is C27H35O6P. The van der Waals surface area contributed by atoms with Crippen molar-refractivity contribution in [2.24, 2.45) is 0 Å². The number of phenols is 2. The molecule has 3 aromatic rings. The van der Waals surface area contributed by atoms with E-state index in [9.17, 15) is 10.2 Å². The van der Waals surface area contributed by atoms with Crippen molar-refractivity contribution in [2.75, 3.05) is 0 Å². The van der Waals surface area contributed by atoms with Crippen LogP contribution in [0, 0.1) is 0 Å². The third-order valence-electron chi connectivity index (χ3n) is 5.56. The lowest BCUT2D eigenvalue weighted by Gasteiger charge is -2.17. The zero-order valence-corrected chi connectivity index (χ0v) is 20.5. The van der Waals surface area contributed by atoms with Gasteiger partial charge in [0.25, 0.3) is 0 Å². The van der Waals surface area contributed by atoms with Gasteiger partial charge >= 0.3 is 7.82 Å². The van der Waals surface area contributed by atoms with E-state index in [1.165, 1.54) is 32.1 Å². The van der Waals surface area contributed by atoms with Crippen molar-refractivity contribution in [2.45, 2.75) is 58.3 Å². The van der Waals surface area contributed by atoms with Gasteiger partial charge < -0.3 is 24.9 Å². The summed E-state index contributed by atoms with van der Waals surface area (Å²) >= 11 is 0. The Balaban J connectivity index is 0.000000739. The summed E-state index contributed by atoms with van der Waals surface area (Å²) < 4.78 is 8.88. The smallest absolute Gasteiger partial charge is 0.466 e. The molecule has 0 aromatic heterocycles. The molecule has 5 N–H and O–H groups in total. The summed E-state index contributed by atoms with van der Waals surface area (Å²) in [6.07, 6.45) is 9.31. The minimum absolute atomic E-state index is 0.228. The van der Waals surface area contributed by atoms with Gasteiger partial charge in [0.1, 0.15) is 11.5 Å². The van der Waals surface area contributed by atoms with Crippen LogP contribution in [0.5, 0.6) is 11.5 Å². The van der Waals surface area contributed by atoms with Crippen LogP contribution < -0.4 is 0 Å². The molecule has 0 saturated carbocycles. The molecule has 34 heavy (non-hydrogen) atoms. The monoisotopic (exact) mass is 486 g/mol. The highest BCUT2D eigenvalue weighted by molar-refractivity contribution is 7.45. The molecule has 0 fully saturated rings. The zero-order valence-electron chi connectivity index (χ0n) is 19.6. The second kappa shape index (κ2) is 13.9. The molecule has 0 aliphatic carbocycles. The molecule has 184 valence electrons. The van der Waals surface area contributed by atoms with Gasteiger partial charge in [0.2, 0.25) is 0 Å². The van der Waals surface area contributed by atoms with Crippen LogP contribution in [0.15, 0.2) is 66.7 Å². The van der Waals surface area contributed by atoms with Crippen LogP contribution in [0.3, 0.4) is 0 Å².